The van der Waals surface area contributed by atoms with Crippen LogP contribution in [0.2, 0.25) is 0 Å². The first kappa shape index (κ1) is 9.56. The van der Waals surface area contributed by atoms with Crippen LogP contribution in [0.3, 0.4) is 0 Å². The largest absolute Gasteiger partial charge is 0.477 e. The number of carbonyl (C=O) groups is 1. The molecule has 0 heterocycles. The zero-order valence-corrected chi connectivity index (χ0v) is 6.90. The van der Waals surface area contributed by atoms with Gasteiger partial charge in [0.15, 0.2) is 0 Å². The molecule has 0 aromatic rings. The van der Waals surface area contributed by atoms with E-state index in [0.29, 0.717) is 0 Å². The minimum Gasteiger partial charge on any atom is -0.477 e. The molecule has 0 aromatic carbocycles. The zero-order valence-electron chi connectivity index (χ0n) is 6.00. The highest BCUT2D eigenvalue weighted by atomic mass is 32.1. The molecule has 2 nitrogen and oxygen atoms in total. The number of aliphatic carboxylic acids is 1. The van der Waals surface area contributed by atoms with Gasteiger partial charge in [-0.25, -0.2) is 4.79 Å². The van der Waals surface area contributed by atoms with E-state index in [0.717, 1.165) is 19.3 Å². The maximum Gasteiger partial charge on any atom is 0.341 e. The van der Waals surface area contributed by atoms with E-state index in [2.05, 4.69) is 19.6 Å². The minimum atomic E-state index is -0.945. The van der Waals surface area contributed by atoms with E-state index in [9.17, 15) is 4.79 Å². The first-order valence-corrected chi connectivity index (χ1v) is 3.75. The summed E-state index contributed by atoms with van der Waals surface area (Å²) in [7, 11) is 0. The van der Waals surface area contributed by atoms with Gasteiger partial charge in [0.1, 0.15) is 0 Å². The number of hydrogen-bond donors (Lipinski definition) is 2. The van der Waals surface area contributed by atoms with Crippen LogP contribution in [-0.4, -0.2) is 11.1 Å². The van der Waals surface area contributed by atoms with E-state index in [4.69, 9.17) is 5.11 Å². The van der Waals surface area contributed by atoms with E-state index in [1.807, 2.05) is 0 Å². The number of hydrogen-bond acceptors (Lipinski definition) is 2. The van der Waals surface area contributed by atoms with Crippen LogP contribution in [0.15, 0.2) is 11.0 Å². The van der Waals surface area contributed by atoms with Crippen LogP contribution in [0.1, 0.15) is 26.2 Å². The maximum atomic E-state index is 10.1. The first-order chi connectivity index (χ1) is 4.68. The van der Waals surface area contributed by atoms with Crippen LogP contribution >= 0.6 is 12.6 Å². The number of allylic oxidation sites excluding steroid dienone is 1. The van der Waals surface area contributed by atoms with Crippen molar-refractivity contribution in [1.82, 2.24) is 0 Å². The van der Waals surface area contributed by atoms with Gasteiger partial charge in [-0.2, -0.15) is 0 Å². The van der Waals surface area contributed by atoms with Gasteiger partial charge >= 0.3 is 5.97 Å². The Labute approximate surface area is 66.4 Å². The molecule has 10 heavy (non-hydrogen) atoms. The number of carboxylic acid groups (broad SMARTS) is 1. The molecular weight excluding hydrogens is 148 g/mol. The minimum absolute atomic E-state index is 0.147. The van der Waals surface area contributed by atoms with Gasteiger partial charge in [-0.3, -0.25) is 0 Å². The van der Waals surface area contributed by atoms with Crippen molar-refractivity contribution in [3.63, 3.8) is 0 Å². The maximum absolute atomic E-state index is 10.1. The number of carboxylic acids is 1. The van der Waals surface area contributed by atoms with Gasteiger partial charge in [0.2, 0.25) is 0 Å². The average Bonchev–Trinajstić information content (AvgIpc) is 1.88. The summed E-state index contributed by atoms with van der Waals surface area (Å²) in [6, 6.07) is 0. The third-order valence-corrected chi connectivity index (χ3v) is 1.49. The van der Waals surface area contributed by atoms with E-state index in [-0.39, 0.29) is 4.91 Å². The Balaban J connectivity index is 3.58. The third kappa shape index (κ3) is 4.44. The Morgan fingerprint density at radius 1 is 1.70 bits per heavy atom. The summed E-state index contributed by atoms with van der Waals surface area (Å²) >= 11 is 3.76. The number of rotatable bonds is 4. The zero-order chi connectivity index (χ0) is 7.98. The summed E-state index contributed by atoms with van der Waals surface area (Å²) in [5.41, 5.74) is 0. The predicted molar refractivity (Wildman–Crippen MR) is 44.2 cm³/mol. The number of unbranched alkanes of at least 4 members (excludes halogenated alkanes) is 2. The molecule has 0 spiro atoms. The first-order valence-electron chi connectivity index (χ1n) is 3.31. The lowest BCUT2D eigenvalue weighted by Crippen LogP contribution is -1.93. The molecule has 0 rings (SSSR count). The molecule has 58 valence electrons. The van der Waals surface area contributed by atoms with Crippen molar-refractivity contribution >= 4 is 18.6 Å². The summed E-state index contributed by atoms with van der Waals surface area (Å²) in [6.07, 6.45) is 4.55. The SMILES string of the molecule is CCCC/C=C(\S)C(=O)O. The highest BCUT2D eigenvalue weighted by Crippen LogP contribution is 2.04. The molecule has 0 saturated carbocycles. The summed E-state index contributed by atoms with van der Waals surface area (Å²) in [6.45, 7) is 2.06. The molecular formula is C7H12O2S. The monoisotopic (exact) mass is 160 g/mol. The van der Waals surface area contributed by atoms with Gasteiger partial charge in [-0.05, 0) is 6.42 Å². The molecule has 1 N–H and O–H groups in total. The average molecular weight is 160 g/mol. The highest BCUT2D eigenvalue weighted by Gasteiger charge is 1.97. The van der Waals surface area contributed by atoms with E-state index >= 15 is 0 Å². The topological polar surface area (TPSA) is 37.3 Å². The van der Waals surface area contributed by atoms with Crippen molar-refractivity contribution in [3.8, 4) is 0 Å². The van der Waals surface area contributed by atoms with Crippen LogP contribution < -0.4 is 0 Å². The molecule has 0 aromatic heterocycles. The van der Waals surface area contributed by atoms with Gasteiger partial charge in [0, 0.05) is 0 Å². The lowest BCUT2D eigenvalue weighted by Gasteiger charge is -1.91. The van der Waals surface area contributed by atoms with Crippen LogP contribution in [0.4, 0.5) is 0 Å². The second-order valence-electron chi connectivity index (χ2n) is 2.04. The van der Waals surface area contributed by atoms with E-state index in [1.54, 1.807) is 6.08 Å². The van der Waals surface area contributed by atoms with Crippen LogP contribution in [0, 0.1) is 0 Å². The highest BCUT2D eigenvalue weighted by molar-refractivity contribution is 7.85. The fourth-order valence-electron chi connectivity index (χ4n) is 0.530. The van der Waals surface area contributed by atoms with Crippen LogP contribution in [-0.2, 0) is 4.79 Å². The summed E-state index contributed by atoms with van der Waals surface area (Å²) in [5, 5.41) is 8.34. The normalized spacial score (nSPS) is 11.6. The Hall–Kier alpha value is -0.440. The second-order valence-corrected chi connectivity index (χ2v) is 2.52. The lowest BCUT2D eigenvalue weighted by atomic mass is 10.2. The quantitative estimate of drug-likeness (QED) is 0.375. The number of thiol groups is 1. The molecule has 0 radical (unpaired) electrons. The summed E-state index contributed by atoms with van der Waals surface area (Å²) in [4.78, 5) is 10.3. The van der Waals surface area contributed by atoms with Crippen molar-refractivity contribution in [2.45, 2.75) is 26.2 Å². The standard InChI is InChI=1S/C7H12O2S/c1-2-3-4-5-6(10)7(8)9/h5,10H,2-4H2,1H3,(H,8,9)/b6-5-. The van der Waals surface area contributed by atoms with Gasteiger partial charge in [-0.15, -0.1) is 12.6 Å². The predicted octanol–water partition coefficient (Wildman–Crippen LogP) is 2.07. The summed E-state index contributed by atoms with van der Waals surface area (Å²) < 4.78 is 0. The molecule has 0 saturated heterocycles. The lowest BCUT2D eigenvalue weighted by molar-refractivity contribution is -0.131. The Morgan fingerprint density at radius 3 is 2.70 bits per heavy atom. The van der Waals surface area contributed by atoms with Gasteiger partial charge in [-0.1, -0.05) is 25.8 Å². The van der Waals surface area contributed by atoms with Crippen molar-refractivity contribution in [2.75, 3.05) is 0 Å². The smallest absolute Gasteiger partial charge is 0.341 e. The van der Waals surface area contributed by atoms with Crippen molar-refractivity contribution in [2.24, 2.45) is 0 Å². The molecule has 0 atom stereocenters. The molecule has 0 bridgehead atoms. The molecule has 0 unspecified atom stereocenters. The van der Waals surface area contributed by atoms with E-state index < -0.39 is 5.97 Å². The molecule has 0 fully saturated rings. The van der Waals surface area contributed by atoms with Gasteiger partial charge in [0.25, 0.3) is 0 Å². The Bertz CT molecular complexity index is 141. The third-order valence-electron chi connectivity index (χ3n) is 1.11. The van der Waals surface area contributed by atoms with Crippen LogP contribution in [0.25, 0.3) is 0 Å². The fourth-order valence-corrected chi connectivity index (χ4v) is 0.659. The fraction of sp³-hybridized carbons (Fsp3) is 0.571. The molecule has 0 aliphatic rings. The van der Waals surface area contributed by atoms with Gasteiger partial charge < -0.3 is 5.11 Å². The van der Waals surface area contributed by atoms with Crippen molar-refractivity contribution in [3.05, 3.63) is 11.0 Å². The van der Waals surface area contributed by atoms with Crippen molar-refractivity contribution in [1.29, 1.82) is 0 Å². The molecule has 0 amide bonds. The molecule has 0 aliphatic carbocycles. The summed E-state index contributed by atoms with van der Waals surface area (Å²) in [5.74, 6) is -0.945. The van der Waals surface area contributed by atoms with Gasteiger partial charge in [0.05, 0.1) is 4.91 Å². The molecule has 3 heteroatoms. The van der Waals surface area contributed by atoms with Crippen LogP contribution in [0.5, 0.6) is 0 Å². The second kappa shape index (κ2) is 5.35. The Morgan fingerprint density at radius 2 is 2.30 bits per heavy atom. The Kier molecular flexibility index (Phi) is 5.12. The van der Waals surface area contributed by atoms with Crippen molar-refractivity contribution < 1.29 is 9.90 Å². The van der Waals surface area contributed by atoms with E-state index in [1.165, 1.54) is 0 Å². The molecule has 0 aliphatic heterocycles.